The number of esters is 1. The largest absolute Gasteiger partial charge is 0.495 e. The molecule has 21 nitrogen and oxygen atoms in total. The van der Waals surface area contributed by atoms with Gasteiger partial charge in [-0.3, -0.25) is 39.0 Å². The number of carbonyl (C=O) groups is 8. The molecule has 1 fully saturated rings. The Bertz CT molecular complexity index is 2790. The van der Waals surface area contributed by atoms with Gasteiger partial charge in [-0.15, -0.1) is 0 Å². The van der Waals surface area contributed by atoms with Gasteiger partial charge in [0, 0.05) is 81.8 Å². The third-order valence-electron chi connectivity index (χ3n) is 14.4. The van der Waals surface area contributed by atoms with Gasteiger partial charge < -0.3 is 44.3 Å². The van der Waals surface area contributed by atoms with Gasteiger partial charge in [0.1, 0.15) is 35.1 Å². The highest BCUT2D eigenvalue weighted by Crippen LogP contribution is 2.40. The summed E-state index contributed by atoms with van der Waals surface area (Å²) in [5.41, 5.74) is 2.52. The van der Waals surface area contributed by atoms with Crippen molar-refractivity contribution in [1.29, 1.82) is 0 Å². The number of methoxy groups -OCH3 is 2. The zero-order valence-corrected chi connectivity index (χ0v) is 50.9. The van der Waals surface area contributed by atoms with E-state index >= 15 is 0 Å². The summed E-state index contributed by atoms with van der Waals surface area (Å²) >= 11 is 6.80. The molecule has 1 unspecified atom stereocenters. The van der Waals surface area contributed by atoms with Crippen molar-refractivity contribution in [2.24, 2.45) is 11.0 Å². The van der Waals surface area contributed by atoms with E-state index in [1.54, 1.807) is 62.4 Å². The van der Waals surface area contributed by atoms with E-state index in [-0.39, 0.29) is 66.7 Å². The predicted octanol–water partition coefficient (Wildman–Crippen LogP) is 7.40. The number of rotatable bonds is 21. The van der Waals surface area contributed by atoms with Crippen molar-refractivity contribution < 1.29 is 67.5 Å². The first-order chi connectivity index (χ1) is 38.6. The number of likely N-dealkylation sites (N-methyl/N-ethyl adjacent to an activating group) is 1. The van der Waals surface area contributed by atoms with Crippen LogP contribution in [0.25, 0.3) is 0 Å². The molecule has 0 aromatic heterocycles. The Morgan fingerprint density at radius 3 is 2.35 bits per heavy atom. The number of hydrazone groups is 1. The van der Waals surface area contributed by atoms with Gasteiger partial charge in [0.25, 0.3) is 11.8 Å². The monoisotopic (exact) mass is 1200 g/mol. The number of unbranched alkanes of at least 4 members (excludes halogenated alkanes) is 2. The lowest BCUT2D eigenvalue weighted by molar-refractivity contribution is -0.176. The first-order valence-electron chi connectivity index (χ1n) is 27.0. The first kappa shape index (κ1) is 66.6. The van der Waals surface area contributed by atoms with Crippen LogP contribution in [0.3, 0.4) is 0 Å². The van der Waals surface area contributed by atoms with Gasteiger partial charge in [0.05, 0.1) is 30.5 Å². The number of halogens is 1. The topological polar surface area (TPSA) is 272 Å². The number of fused-ring (bicyclic) bond motifs is 4. The Balaban J connectivity index is 1.15. The summed E-state index contributed by atoms with van der Waals surface area (Å²) in [4.78, 5) is 108. The molecule has 3 aliphatic heterocycles. The maximum atomic E-state index is 14.3. The van der Waals surface area contributed by atoms with E-state index in [1.807, 2.05) is 26.8 Å². The Morgan fingerprint density at radius 1 is 1.01 bits per heavy atom. The van der Waals surface area contributed by atoms with Gasteiger partial charge in [-0.2, -0.15) is 5.10 Å². The molecule has 5 N–H and O–H groups in total. The van der Waals surface area contributed by atoms with Gasteiger partial charge in [0.15, 0.2) is 5.72 Å². The van der Waals surface area contributed by atoms with Crippen molar-refractivity contribution in [3.05, 3.63) is 88.5 Å². The summed E-state index contributed by atoms with van der Waals surface area (Å²) in [5, 5.41) is 33.9. The van der Waals surface area contributed by atoms with Gasteiger partial charge in [-0.25, -0.2) is 15.0 Å². The smallest absolute Gasteiger partial charge is 0.409 e. The van der Waals surface area contributed by atoms with E-state index in [4.69, 9.17) is 30.5 Å². The molecule has 3 aliphatic rings. The molecule has 4 bridgehead atoms. The molecular formula is C58H78ClN7O14S2. The quantitative estimate of drug-likeness (QED) is 0.0203. The van der Waals surface area contributed by atoms with Crippen molar-refractivity contribution >= 4 is 97.8 Å². The lowest BCUT2D eigenvalue weighted by Gasteiger charge is -2.43. The number of hydrogen-bond donors (Lipinski definition) is 5. The number of benzene rings is 2. The van der Waals surface area contributed by atoms with Gasteiger partial charge in [0.2, 0.25) is 23.6 Å². The number of alkyl carbamates (subject to hydrolysis) is 1. The molecule has 5 rings (SSSR count). The molecule has 3 heterocycles. The van der Waals surface area contributed by atoms with Crippen LogP contribution >= 0.6 is 33.2 Å². The molecule has 24 heteroatoms. The summed E-state index contributed by atoms with van der Waals surface area (Å²) < 4.78 is 22.3. The molecule has 82 heavy (non-hydrogen) atoms. The van der Waals surface area contributed by atoms with Crippen LogP contribution in [0.1, 0.15) is 117 Å². The fraction of sp³-hybridized carbons (Fsp3) is 0.534. The second-order valence-corrected chi connectivity index (χ2v) is 25.3. The molecule has 1 saturated heterocycles. The van der Waals surface area contributed by atoms with Gasteiger partial charge in [-0.05, 0) is 109 Å². The summed E-state index contributed by atoms with van der Waals surface area (Å²) in [6.45, 7) is 12.3. The number of amides is 7. The summed E-state index contributed by atoms with van der Waals surface area (Å²) in [6.07, 6.45) is 5.06. The minimum absolute atomic E-state index is 0.0208. The highest BCUT2D eigenvalue weighted by molar-refractivity contribution is 8.77. The minimum Gasteiger partial charge on any atom is -0.495 e. The highest BCUT2D eigenvalue weighted by Gasteiger charge is 2.49. The van der Waals surface area contributed by atoms with Crippen LogP contribution in [0.15, 0.2) is 77.5 Å². The number of nitrogens with one attached hydrogen (secondary N) is 3. The maximum Gasteiger partial charge on any atom is 0.409 e. The summed E-state index contributed by atoms with van der Waals surface area (Å²) in [5.74, 6) is -3.04. The summed E-state index contributed by atoms with van der Waals surface area (Å²) in [6, 6.07) is 9.34. The van der Waals surface area contributed by atoms with E-state index in [0.717, 1.165) is 16.7 Å². The van der Waals surface area contributed by atoms with E-state index < -0.39 is 70.7 Å². The van der Waals surface area contributed by atoms with Gasteiger partial charge >= 0.3 is 12.1 Å². The molecule has 2 aromatic rings. The first-order valence-corrected chi connectivity index (χ1v) is 29.7. The molecule has 0 radical (unpaired) electrons. The van der Waals surface area contributed by atoms with Crippen LogP contribution in [-0.4, -0.2) is 154 Å². The third-order valence-corrected chi connectivity index (χ3v) is 18.1. The van der Waals surface area contributed by atoms with E-state index in [1.165, 1.54) is 90.6 Å². The van der Waals surface area contributed by atoms with Gasteiger partial charge in [-0.1, -0.05) is 82.5 Å². The number of imide groups is 1. The van der Waals surface area contributed by atoms with Crippen molar-refractivity contribution in [1.82, 2.24) is 20.5 Å². The number of ether oxygens (including phenoxy) is 4. The lowest BCUT2D eigenvalue weighted by Crippen LogP contribution is -2.63. The van der Waals surface area contributed by atoms with Crippen LogP contribution in [0.5, 0.6) is 5.75 Å². The fourth-order valence-electron chi connectivity index (χ4n) is 9.44. The molecular weight excluding hydrogens is 1120 g/mol. The van der Waals surface area contributed by atoms with Crippen LogP contribution in [0.4, 0.5) is 16.2 Å². The van der Waals surface area contributed by atoms with E-state index in [9.17, 15) is 48.6 Å². The molecule has 0 saturated carbocycles. The van der Waals surface area contributed by atoms with Crippen LogP contribution < -0.4 is 25.7 Å². The van der Waals surface area contributed by atoms with Crippen molar-refractivity contribution in [2.45, 2.75) is 153 Å². The predicted molar refractivity (Wildman–Crippen MR) is 316 cm³/mol. The average molecular weight is 1200 g/mol. The number of anilines is 2. The zero-order valence-electron chi connectivity index (χ0n) is 48.5. The number of hydrogen-bond acceptors (Lipinski definition) is 17. The van der Waals surface area contributed by atoms with Crippen LogP contribution in [0, 0.1) is 5.92 Å². The highest BCUT2D eigenvalue weighted by atomic mass is 35.5. The number of carbonyl (C=O) groups excluding carboxylic acids is 8. The fourth-order valence-corrected chi connectivity index (χ4v) is 12.2. The summed E-state index contributed by atoms with van der Waals surface area (Å²) in [7, 11) is 8.60. The Kier molecular flexibility index (Phi) is 24.2. The van der Waals surface area contributed by atoms with Crippen LogP contribution in [0.2, 0.25) is 5.02 Å². The molecule has 0 spiro atoms. The number of allylic oxidation sites excluding steroid dienone is 3. The standard InChI is InChI=1S/C58H78ClN7O14S2/c1-35-16-15-17-45(78-11)58(76)33-44(79-55(74)61-58)36(2)32-57(7,75)46(31-52(72)65(9)42-29-39(28-35)30-43(77-10)53(42)59)80-54(73)38(4)64(8)49(69)25-27-81-82-56(5,6)34-48(68)63-62-37(3)40-19-21-41(22-20-40)60-47(67)18-13-12-14-26-66-50(70)23-24-51(66)71/h15-17,19-24,29-30,36,38,44-46,75-76H,12-14,18,25-28,31-34H2,1-11H3,(H,60,67)(H,61,74)(H,63,68)/b17-15+,35-16+,62-37+/t36-,38-,44-,45+,46-,57?,58-/m0/s1. The second-order valence-electron chi connectivity index (χ2n) is 21.8. The van der Waals surface area contributed by atoms with E-state index in [2.05, 4.69) is 21.2 Å². The lowest BCUT2D eigenvalue weighted by atomic mass is 9.81. The van der Waals surface area contributed by atoms with Crippen LogP contribution in [-0.2, 0) is 54.2 Å². The number of nitrogens with zero attached hydrogens (tertiary/aromatic N) is 4. The normalized spacial score (nSPS) is 24.2. The van der Waals surface area contributed by atoms with Crippen molar-refractivity contribution in [3.8, 4) is 5.75 Å². The SMILES string of the molecule is COc1cc2cc(c1Cl)N(C)C(=O)C[C@H](OC(=O)[C@H](C)N(C)C(=O)CCSSC(C)(C)CC(=O)N/N=C(\C)c1ccc(NC(=O)CCCCCN3C(=O)C=CC3=O)cc1)C(C)(O)C[C@H](C)[C@@H]1C[C@@](O)(NC(=O)O1)[C@H](OC)/C=C/C=C(\C)C2. The van der Waals surface area contributed by atoms with Crippen molar-refractivity contribution in [3.63, 3.8) is 0 Å². The Hall–Kier alpha value is -6.24. The minimum atomic E-state index is -1.96. The molecule has 448 valence electrons. The number of aliphatic hydroxyl groups is 2. The van der Waals surface area contributed by atoms with Crippen molar-refractivity contribution in [2.75, 3.05) is 50.8 Å². The molecule has 0 aliphatic carbocycles. The average Bonchev–Trinajstić information content (AvgIpc) is 3.77. The Morgan fingerprint density at radius 2 is 1.70 bits per heavy atom. The second kappa shape index (κ2) is 29.8. The molecule has 7 amide bonds. The Labute approximate surface area is 492 Å². The molecule has 7 atom stereocenters. The third kappa shape index (κ3) is 18.9. The zero-order chi connectivity index (χ0) is 60.7. The maximum absolute atomic E-state index is 14.3. The van der Waals surface area contributed by atoms with E-state index in [0.29, 0.717) is 60.8 Å². The molecule has 2 aromatic carbocycles.